The molecule has 7 heteroatoms. The van der Waals surface area contributed by atoms with E-state index >= 15 is 0 Å². The van der Waals surface area contributed by atoms with Crippen LogP contribution >= 0.6 is 0 Å². The normalized spacial score (nSPS) is 12.4. The number of anilines is 1. The molecule has 1 aromatic carbocycles. The fourth-order valence-corrected chi connectivity index (χ4v) is 3.04. The topological polar surface area (TPSA) is 72.0 Å². The largest absolute Gasteiger partial charge is 0.486 e. The highest BCUT2D eigenvalue weighted by molar-refractivity contribution is 5.92. The summed E-state index contributed by atoms with van der Waals surface area (Å²) in [5.74, 6) is 1.17. The number of benzene rings is 1. The number of aromatic nitrogens is 1. The number of amides is 2. The molecule has 1 aliphatic rings. The molecule has 7 nitrogen and oxygen atoms in total. The summed E-state index contributed by atoms with van der Waals surface area (Å²) in [5.41, 5.74) is 1.83. The summed E-state index contributed by atoms with van der Waals surface area (Å²) in [6.07, 6.45) is 4.51. The molecule has 3 rings (SSSR count). The van der Waals surface area contributed by atoms with E-state index in [0.29, 0.717) is 43.5 Å². The van der Waals surface area contributed by atoms with Crippen molar-refractivity contribution in [2.45, 2.75) is 19.8 Å². The Morgan fingerprint density at radius 3 is 2.46 bits per heavy atom. The highest BCUT2D eigenvalue weighted by Crippen LogP contribution is 2.34. The van der Waals surface area contributed by atoms with E-state index in [9.17, 15) is 9.59 Å². The van der Waals surface area contributed by atoms with Crippen molar-refractivity contribution in [3.63, 3.8) is 0 Å². The van der Waals surface area contributed by atoms with Gasteiger partial charge in [0.2, 0.25) is 11.8 Å². The van der Waals surface area contributed by atoms with Gasteiger partial charge in [-0.3, -0.25) is 14.6 Å². The van der Waals surface area contributed by atoms with E-state index in [1.807, 2.05) is 18.2 Å². The van der Waals surface area contributed by atoms with Crippen LogP contribution in [0.1, 0.15) is 18.9 Å². The van der Waals surface area contributed by atoms with Crippen molar-refractivity contribution in [3.8, 4) is 11.5 Å². The predicted molar refractivity (Wildman–Crippen MR) is 106 cm³/mol. The summed E-state index contributed by atoms with van der Waals surface area (Å²) in [6.45, 7) is 3.43. The van der Waals surface area contributed by atoms with Gasteiger partial charge in [-0.2, -0.15) is 0 Å². The minimum Gasteiger partial charge on any atom is -0.486 e. The van der Waals surface area contributed by atoms with Gasteiger partial charge >= 0.3 is 0 Å². The van der Waals surface area contributed by atoms with E-state index in [2.05, 4.69) is 4.98 Å². The molecule has 0 N–H and O–H groups in total. The number of hydrogen-bond acceptors (Lipinski definition) is 5. The van der Waals surface area contributed by atoms with Gasteiger partial charge in [-0.05, 0) is 36.2 Å². The van der Waals surface area contributed by atoms with Crippen LogP contribution in [-0.2, 0) is 16.0 Å². The number of fused-ring (bicyclic) bond motifs is 1. The first-order chi connectivity index (χ1) is 13.5. The Bertz CT molecular complexity index is 826. The van der Waals surface area contributed by atoms with E-state index in [0.717, 1.165) is 12.0 Å². The lowest BCUT2D eigenvalue weighted by atomic mass is 10.2. The van der Waals surface area contributed by atoms with Gasteiger partial charge in [0.1, 0.15) is 13.2 Å². The fraction of sp³-hybridized carbons (Fsp3) is 0.381. The first-order valence-electron chi connectivity index (χ1n) is 9.35. The van der Waals surface area contributed by atoms with Gasteiger partial charge in [-0.15, -0.1) is 0 Å². The zero-order valence-corrected chi connectivity index (χ0v) is 16.3. The van der Waals surface area contributed by atoms with Gasteiger partial charge in [0.25, 0.3) is 0 Å². The highest BCUT2D eigenvalue weighted by atomic mass is 16.6. The number of nitrogens with zero attached hydrogens (tertiary/aromatic N) is 3. The molecule has 1 aromatic heterocycles. The van der Waals surface area contributed by atoms with Gasteiger partial charge in [0, 0.05) is 57.6 Å². The Labute approximate surface area is 164 Å². The number of carbonyl (C=O) groups excluding carboxylic acids is 2. The van der Waals surface area contributed by atoms with Gasteiger partial charge in [-0.25, -0.2) is 0 Å². The maximum Gasteiger partial charge on any atom is 0.224 e. The van der Waals surface area contributed by atoms with Crippen LogP contribution in [0, 0.1) is 0 Å². The van der Waals surface area contributed by atoms with Gasteiger partial charge in [0.05, 0.1) is 0 Å². The molecule has 2 heterocycles. The van der Waals surface area contributed by atoms with Gasteiger partial charge in [0.15, 0.2) is 11.5 Å². The maximum absolute atomic E-state index is 12.5. The van der Waals surface area contributed by atoms with Crippen LogP contribution in [0.25, 0.3) is 0 Å². The molecule has 1 aliphatic heterocycles. The molecule has 0 spiro atoms. The second-order valence-electron chi connectivity index (χ2n) is 6.67. The molecule has 0 radical (unpaired) electrons. The van der Waals surface area contributed by atoms with Crippen LogP contribution in [0.5, 0.6) is 11.5 Å². The quantitative estimate of drug-likeness (QED) is 0.734. The van der Waals surface area contributed by atoms with Crippen LogP contribution in [0.15, 0.2) is 42.7 Å². The summed E-state index contributed by atoms with van der Waals surface area (Å²) >= 11 is 0. The first kappa shape index (κ1) is 19.7. The fourth-order valence-electron chi connectivity index (χ4n) is 3.04. The number of likely N-dealkylation sites (N-methyl/N-ethyl adjacent to an activating group) is 1. The van der Waals surface area contributed by atoms with E-state index in [-0.39, 0.29) is 18.2 Å². The molecule has 0 unspecified atom stereocenters. The van der Waals surface area contributed by atoms with Crippen molar-refractivity contribution in [2.75, 3.05) is 38.3 Å². The summed E-state index contributed by atoms with van der Waals surface area (Å²) in [6, 6.07) is 9.28. The molecule has 0 saturated carbocycles. The lowest BCUT2D eigenvalue weighted by Crippen LogP contribution is -2.35. The van der Waals surface area contributed by atoms with Crippen LogP contribution in [-0.4, -0.2) is 55.0 Å². The van der Waals surface area contributed by atoms with Crippen molar-refractivity contribution in [2.24, 2.45) is 0 Å². The molecule has 28 heavy (non-hydrogen) atoms. The minimum absolute atomic E-state index is 0.00199. The Hall–Kier alpha value is -3.09. The molecule has 0 atom stereocenters. The Balaban J connectivity index is 1.57. The standard InChI is InChI=1S/C21H25N3O4/c1-16(25)24(18-3-4-19-20(15-18)28-14-13-27-19)12-8-21(26)23(2)11-7-17-5-9-22-10-6-17/h3-6,9-10,15H,7-8,11-14H2,1-2H3. The van der Waals surface area contributed by atoms with Gasteiger partial charge < -0.3 is 19.3 Å². The first-order valence-corrected chi connectivity index (χ1v) is 9.35. The molecule has 148 valence electrons. The van der Waals surface area contributed by atoms with Crippen molar-refractivity contribution in [3.05, 3.63) is 48.3 Å². The van der Waals surface area contributed by atoms with Crippen LogP contribution in [0.4, 0.5) is 5.69 Å². The summed E-state index contributed by atoms with van der Waals surface area (Å²) < 4.78 is 11.1. The van der Waals surface area contributed by atoms with Crippen molar-refractivity contribution < 1.29 is 19.1 Å². The summed E-state index contributed by atoms with van der Waals surface area (Å²) in [5, 5.41) is 0. The number of rotatable bonds is 7. The molecular weight excluding hydrogens is 358 g/mol. The van der Waals surface area contributed by atoms with E-state index in [1.54, 1.807) is 41.4 Å². The minimum atomic E-state index is -0.121. The number of ether oxygens (including phenoxy) is 2. The third-order valence-electron chi connectivity index (χ3n) is 4.68. The predicted octanol–water partition coefficient (Wildman–Crippen LogP) is 2.30. The second kappa shape index (κ2) is 9.21. The second-order valence-corrected chi connectivity index (χ2v) is 6.67. The Morgan fingerprint density at radius 2 is 1.75 bits per heavy atom. The highest BCUT2D eigenvalue weighted by Gasteiger charge is 2.19. The monoisotopic (exact) mass is 383 g/mol. The molecule has 0 fully saturated rings. The average molecular weight is 383 g/mol. The SMILES string of the molecule is CC(=O)N(CCC(=O)N(C)CCc1ccncc1)c1ccc2c(c1)OCCO2. The van der Waals surface area contributed by atoms with E-state index < -0.39 is 0 Å². The summed E-state index contributed by atoms with van der Waals surface area (Å²) in [7, 11) is 1.78. The Kier molecular flexibility index (Phi) is 6.47. The van der Waals surface area contributed by atoms with Crippen LogP contribution in [0.3, 0.4) is 0 Å². The Morgan fingerprint density at radius 1 is 1.04 bits per heavy atom. The third-order valence-corrected chi connectivity index (χ3v) is 4.68. The van der Waals surface area contributed by atoms with E-state index in [1.165, 1.54) is 6.92 Å². The number of hydrogen-bond donors (Lipinski definition) is 0. The van der Waals surface area contributed by atoms with Crippen LogP contribution < -0.4 is 14.4 Å². The smallest absolute Gasteiger partial charge is 0.224 e. The van der Waals surface area contributed by atoms with Crippen molar-refractivity contribution in [1.82, 2.24) is 9.88 Å². The maximum atomic E-state index is 12.5. The number of carbonyl (C=O) groups is 2. The molecule has 0 saturated heterocycles. The zero-order chi connectivity index (χ0) is 19.9. The molecule has 0 aliphatic carbocycles. The molecule has 2 aromatic rings. The van der Waals surface area contributed by atoms with E-state index in [4.69, 9.17) is 9.47 Å². The lowest BCUT2D eigenvalue weighted by Gasteiger charge is -2.25. The lowest BCUT2D eigenvalue weighted by molar-refractivity contribution is -0.129. The van der Waals surface area contributed by atoms with Crippen molar-refractivity contribution >= 4 is 17.5 Å². The molecular formula is C21H25N3O4. The van der Waals surface area contributed by atoms with Crippen molar-refractivity contribution in [1.29, 1.82) is 0 Å². The zero-order valence-electron chi connectivity index (χ0n) is 16.3. The van der Waals surface area contributed by atoms with Gasteiger partial charge in [-0.1, -0.05) is 0 Å². The third kappa shape index (κ3) is 5.00. The molecule has 2 amide bonds. The van der Waals surface area contributed by atoms with Crippen LogP contribution in [0.2, 0.25) is 0 Å². The number of pyridine rings is 1. The summed E-state index contributed by atoms with van der Waals surface area (Å²) in [4.78, 5) is 31.9. The molecule has 0 bridgehead atoms. The average Bonchev–Trinajstić information content (AvgIpc) is 2.72.